The fourth-order valence-corrected chi connectivity index (χ4v) is 4.19. The molecule has 0 aliphatic rings. The highest BCUT2D eigenvalue weighted by Crippen LogP contribution is 2.21. The Morgan fingerprint density at radius 3 is 2.52 bits per heavy atom. The van der Waals surface area contributed by atoms with Crippen LogP contribution in [0.3, 0.4) is 0 Å². The monoisotopic (exact) mass is 322 g/mol. The zero-order chi connectivity index (χ0) is 15.3. The van der Waals surface area contributed by atoms with Gasteiger partial charge in [0.2, 0.25) is 10.0 Å². The normalized spacial score (nSPS) is 12.8. The maximum atomic E-state index is 12.2. The third-order valence-corrected chi connectivity index (χ3v) is 5.83. The van der Waals surface area contributed by atoms with Crippen molar-refractivity contribution in [2.75, 3.05) is 6.61 Å². The molecule has 0 spiro atoms. The van der Waals surface area contributed by atoms with Crippen LogP contribution in [0.5, 0.6) is 0 Å². The van der Waals surface area contributed by atoms with Crippen LogP contribution in [0, 0.1) is 11.3 Å². The molecule has 2 rings (SSSR count). The van der Waals surface area contributed by atoms with E-state index in [1.807, 2.05) is 36.4 Å². The van der Waals surface area contributed by atoms with Gasteiger partial charge in [-0.15, -0.1) is 11.3 Å². The van der Waals surface area contributed by atoms with E-state index in [0.29, 0.717) is 11.3 Å². The molecule has 0 fully saturated rings. The lowest BCUT2D eigenvalue weighted by Crippen LogP contribution is -2.38. The molecule has 1 aromatic carbocycles. The highest BCUT2D eigenvalue weighted by molar-refractivity contribution is 7.91. The number of aliphatic hydroxyl groups excluding tert-OH is 1. The van der Waals surface area contributed by atoms with Crippen LogP contribution in [0.2, 0.25) is 0 Å². The number of rotatable bonds is 6. The first-order valence-corrected chi connectivity index (χ1v) is 8.52. The molecule has 1 atom stereocenters. The summed E-state index contributed by atoms with van der Waals surface area (Å²) in [6, 6.07) is 13.5. The smallest absolute Gasteiger partial charge is 0.250 e. The first kappa shape index (κ1) is 15.7. The fourth-order valence-electron chi connectivity index (χ4n) is 1.84. The summed E-state index contributed by atoms with van der Waals surface area (Å²) >= 11 is 0.905. The second-order valence-corrected chi connectivity index (χ2v) is 7.45. The van der Waals surface area contributed by atoms with E-state index in [2.05, 4.69) is 4.72 Å². The van der Waals surface area contributed by atoms with Crippen molar-refractivity contribution < 1.29 is 13.5 Å². The molecule has 1 aromatic heterocycles. The molecule has 110 valence electrons. The van der Waals surface area contributed by atoms with Crippen LogP contribution < -0.4 is 4.72 Å². The topological polar surface area (TPSA) is 90.2 Å². The lowest BCUT2D eigenvalue weighted by Gasteiger charge is -2.15. The van der Waals surface area contributed by atoms with Crippen LogP contribution >= 0.6 is 11.3 Å². The third-order valence-electron chi connectivity index (χ3n) is 2.82. The van der Waals surface area contributed by atoms with Crippen molar-refractivity contribution in [1.29, 1.82) is 5.26 Å². The molecule has 2 N–H and O–H groups in total. The van der Waals surface area contributed by atoms with Crippen molar-refractivity contribution in [3.05, 3.63) is 52.9 Å². The first-order valence-electron chi connectivity index (χ1n) is 6.22. The summed E-state index contributed by atoms with van der Waals surface area (Å²) in [7, 11) is -3.72. The van der Waals surface area contributed by atoms with Crippen LogP contribution in [0.1, 0.15) is 10.4 Å². The third kappa shape index (κ3) is 4.12. The minimum absolute atomic E-state index is 0.0746. The molecule has 0 bridgehead atoms. The molecule has 0 saturated heterocycles. The molecule has 0 amide bonds. The zero-order valence-corrected chi connectivity index (χ0v) is 12.7. The van der Waals surface area contributed by atoms with Crippen LogP contribution in [-0.4, -0.2) is 26.2 Å². The predicted octanol–water partition coefficient (Wildman–Crippen LogP) is 1.50. The Balaban J connectivity index is 2.12. The van der Waals surface area contributed by atoms with E-state index in [1.165, 1.54) is 12.1 Å². The van der Waals surface area contributed by atoms with Crippen molar-refractivity contribution in [2.24, 2.45) is 0 Å². The molecule has 2 aromatic rings. The van der Waals surface area contributed by atoms with Gasteiger partial charge >= 0.3 is 0 Å². The first-order chi connectivity index (χ1) is 10.0. The van der Waals surface area contributed by atoms with Crippen molar-refractivity contribution in [3.63, 3.8) is 0 Å². The van der Waals surface area contributed by atoms with E-state index >= 15 is 0 Å². The average molecular weight is 322 g/mol. The summed E-state index contributed by atoms with van der Waals surface area (Å²) in [5.41, 5.74) is 0.933. The van der Waals surface area contributed by atoms with Crippen LogP contribution in [0.4, 0.5) is 0 Å². The Bertz CT molecular complexity index is 733. The van der Waals surface area contributed by atoms with Crippen molar-refractivity contribution in [2.45, 2.75) is 16.7 Å². The fraction of sp³-hybridized carbons (Fsp3) is 0.214. The number of thiophene rings is 1. The van der Waals surface area contributed by atoms with Gasteiger partial charge in [0.05, 0.1) is 6.61 Å². The lowest BCUT2D eigenvalue weighted by atomic mass is 10.1. The van der Waals surface area contributed by atoms with Crippen molar-refractivity contribution in [1.82, 2.24) is 4.72 Å². The highest BCUT2D eigenvalue weighted by Gasteiger charge is 2.21. The Morgan fingerprint density at radius 1 is 1.24 bits per heavy atom. The number of sulfonamides is 1. The van der Waals surface area contributed by atoms with Gasteiger partial charge in [-0.2, -0.15) is 5.26 Å². The SMILES string of the molecule is N#Cc1ccc(S(=O)(=O)NC(CO)Cc2ccccc2)s1. The van der Waals surface area contributed by atoms with Gasteiger partial charge in [0.25, 0.3) is 0 Å². The van der Waals surface area contributed by atoms with Gasteiger partial charge in [0.15, 0.2) is 0 Å². The van der Waals surface area contributed by atoms with E-state index in [4.69, 9.17) is 5.26 Å². The summed E-state index contributed by atoms with van der Waals surface area (Å²) < 4.78 is 26.9. The summed E-state index contributed by atoms with van der Waals surface area (Å²) in [6.07, 6.45) is 0.396. The van der Waals surface area contributed by atoms with E-state index in [-0.39, 0.29) is 10.8 Å². The van der Waals surface area contributed by atoms with Gasteiger partial charge in [0.1, 0.15) is 15.2 Å². The molecular weight excluding hydrogens is 308 g/mol. The Hall–Kier alpha value is -1.72. The Labute approximate surface area is 127 Å². The van der Waals surface area contributed by atoms with Crippen LogP contribution in [-0.2, 0) is 16.4 Å². The van der Waals surface area contributed by atoms with E-state index in [0.717, 1.165) is 16.9 Å². The maximum absolute atomic E-state index is 12.2. The van der Waals surface area contributed by atoms with Gasteiger partial charge in [-0.3, -0.25) is 0 Å². The largest absolute Gasteiger partial charge is 0.395 e. The summed E-state index contributed by atoms with van der Waals surface area (Å²) in [4.78, 5) is 0.332. The van der Waals surface area contributed by atoms with Gasteiger partial charge in [0, 0.05) is 6.04 Å². The lowest BCUT2D eigenvalue weighted by molar-refractivity contribution is 0.256. The molecule has 21 heavy (non-hydrogen) atoms. The minimum atomic E-state index is -3.72. The molecule has 0 saturated carbocycles. The van der Waals surface area contributed by atoms with Gasteiger partial charge in [-0.25, -0.2) is 13.1 Å². The molecule has 5 nitrogen and oxygen atoms in total. The average Bonchev–Trinajstić information content (AvgIpc) is 2.97. The van der Waals surface area contributed by atoms with E-state index < -0.39 is 16.1 Å². The summed E-state index contributed by atoms with van der Waals surface area (Å²) in [6.45, 7) is -0.301. The molecule has 0 radical (unpaired) electrons. The second-order valence-electron chi connectivity index (χ2n) is 4.42. The molecule has 7 heteroatoms. The predicted molar refractivity (Wildman–Crippen MR) is 80.4 cm³/mol. The molecule has 0 aliphatic carbocycles. The van der Waals surface area contributed by atoms with Crippen LogP contribution in [0.25, 0.3) is 0 Å². The minimum Gasteiger partial charge on any atom is -0.395 e. The van der Waals surface area contributed by atoms with Gasteiger partial charge in [-0.1, -0.05) is 30.3 Å². The second kappa shape index (κ2) is 6.83. The molecule has 1 unspecified atom stereocenters. The summed E-state index contributed by atoms with van der Waals surface area (Å²) in [5, 5.41) is 18.1. The molecule has 1 heterocycles. The van der Waals surface area contributed by atoms with Gasteiger partial charge in [-0.05, 0) is 24.1 Å². The Morgan fingerprint density at radius 2 is 1.95 bits per heavy atom. The molecule has 0 aliphatic heterocycles. The molecular formula is C14H14N2O3S2. The van der Waals surface area contributed by atoms with Crippen molar-refractivity contribution in [3.8, 4) is 6.07 Å². The number of hydrogen-bond donors (Lipinski definition) is 2. The summed E-state index contributed by atoms with van der Waals surface area (Å²) in [5.74, 6) is 0. The number of benzene rings is 1. The number of hydrogen-bond acceptors (Lipinski definition) is 5. The number of nitrogens with zero attached hydrogens (tertiary/aromatic N) is 1. The number of nitrogens with one attached hydrogen (secondary N) is 1. The highest BCUT2D eigenvalue weighted by atomic mass is 32.2. The van der Waals surface area contributed by atoms with Crippen LogP contribution in [0.15, 0.2) is 46.7 Å². The van der Waals surface area contributed by atoms with Gasteiger partial charge < -0.3 is 5.11 Å². The number of aliphatic hydroxyl groups is 1. The van der Waals surface area contributed by atoms with E-state index in [1.54, 1.807) is 0 Å². The number of nitriles is 1. The quantitative estimate of drug-likeness (QED) is 0.843. The standard InChI is InChI=1S/C14H14N2O3S2/c15-9-13-6-7-14(20-13)21(18,19)16-12(10-17)8-11-4-2-1-3-5-11/h1-7,12,16-17H,8,10H2. The Kier molecular flexibility index (Phi) is 5.09. The zero-order valence-electron chi connectivity index (χ0n) is 11.1. The van der Waals surface area contributed by atoms with Crippen molar-refractivity contribution >= 4 is 21.4 Å². The maximum Gasteiger partial charge on any atom is 0.250 e. The van der Waals surface area contributed by atoms with E-state index in [9.17, 15) is 13.5 Å².